The number of allylic oxidation sites excluding steroid dienone is 1. The Labute approximate surface area is 229 Å². The number of likely N-dealkylation sites (N-methyl/N-ethyl adjacent to an activating group) is 1. The highest BCUT2D eigenvalue weighted by Crippen LogP contribution is 2.70. The topological polar surface area (TPSA) is 124 Å². The number of hydrogen-bond donors (Lipinski definition) is 2. The molecule has 1 aromatic carbocycles. The predicted octanol–water partition coefficient (Wildman–Crippen LogP) is 1.54. The third-order valence-corrected chi connectivity index (χ3v) is 10.2. The van der Waals surface area contributed by atoms with Gasteiger partial charge in [-0.25, -0.2) is 0 Å². The molecule has 208 valence electrons. The third kappa shape index (κ3) is 3.38. The van der Waals surface area contributed by atoms with E-state index in [0.29, 0.717) is 36.6 Å². The van der Waals surface area contributed by atoms with Crippen LogP contribution in [0.2, 0.25) is 0 Å². The Balaban J connectivity index is 1.46. The summed E-state index contributed by atoms with van der Waals surface area (Å²) in [6.45, 7) is 2.46. The van der Waals surface area contributed by atoms with E-state index in [9.17, 15) is 24.3 Å². The molecule has 0 bridgehead atoms. The first-order chi connectivity index (χ1) is 18.3. The molecule has 6 rings (SSSR count). The van der Waals surface area contributed by atoms with Crippen LogP contribution in [0.4, 0.5) is 5.69 Å². The van der Waals surface area contributed by atoms with E-state index >= 15 is 0 Å². The number of amides is 1. The van der Waals surface area contributed by atoms with Crippen molar-refractivity contribution in [3.63, 3.8) is 0 Å². The second-order valence-corrected chi connectivity index (χ2v) is 12.8. The van der Waals surface area contributed by atoms with E-state index in [1.165, 1.54) is 0 Å². The fourth-order valence-electron chi connectivity index (χ4n) is 8.53. The Bertz CT molecular complexity index is 1380. The van der Waals surface area contributed by atoms with Crippen LogP contribution in [0.15, 0.2) is 17.2 Å². The molecule has 0 radical (unpaired) electrons. The van der Waals surface area contributed by atoms with E-state index in [4.69, 9.17) is 5.73 Å². The summed E-state index contributed by atoms with van der Waals surface area (Å²) in [6, 6.07) is 1.58. The molecule has 5 aliphatic rings. The number of carbonyl (C=O) groups is 4. The zero-order chi connectivity index (χ0) is 28.3. The molecule has 0 heterocycles. The van der Waals surface area contributed by atoms with Gasteiger partial charge in [-0.15, -0.1) is 0 Å². The van der Waals surface area contributed by atoms with Gasteiger partial charge in [-0.3, -0.25) is 29.0 Å². The number of ketones is 3. The molecule has 1 aromatic rings. The molecule has 9 heteroatoms. The second-order valence-electron chi connectivity index (χ2n) is 12.8. The molecule has 3 saturated carbocycles. The van der Waals surface area contributed by atoms with Gasteiger partial charge in [0, 0.05) is 38.3 Å². The van der Waals surface area contributed by atoms with Gasteiger partial charge in [0.05, 0.1) is 22.9 Å². The zero-order valence-electron chi connectivity index (χ0n) is 23.6. The number of phenolic OH excluding ortho intramolecular Hbond substituents is 1. The maximum absolute atomic E-state index is 14.4. The van der Waals surface area contributed by atoms with Crippen LogP contribution in [0.1, 0.15) is 47.7 Å². The molecule has 3 N–H and O–H groups in total. The lowest BCUT2D eigenvalue weighted by atomic mass is 9.52. The van der Waals surface area contributed by atoms with Gasteiger partial charge in [0.25, 0.3) is 0 Å². The number of hydrogen-bond acceptors (Lipinski definition) is 8. The molecule has 0 aliphatic heterocycles. The molecule has 39 heavy (non-hydrogen) atoms. The standard InChI is InChI=1S/C30H38N4O5/c1-13-23-22(29(31)39)27(37)25(33(4)5)18-10-14-9-17-21(26(36)20(14)28(38)30(13,18)23)19(35)11-15(24(17)32(2)3)12-34(6)16-7-8-16/h11,14,16,18,20,22,25,35H,7-10,12H2,1-6H3,(H2,31,39). The minimum absolute atomic E-state index is 0.0774. The summed E-state index contributed by atoms with van der Waals surface area (Å²) in [5.74, 6) is -4.38. The molecule has 1 amide bonds. The van der Waals surface area contributed by atoms with Crippen molar-refractivity contribution in [3.05, 3.63) is 33.9 Å². The highest BCUT2D eigenvalue weighted by atomic mass is 16.3. The molecular formula is C30H38N4O5. The van der Waals surface area contributed by atoms with Gasteiger partial charge in [0.1, 0.15) is 11.7 Å². The molecule has 3 fully saturated rings. The van der Waals surface area contributed by atoms with Crippen LogP contribution in [-0.2, 0) is 27.3 Å². The van der Waals surface area contributed by atoms with Crippen LogP contribution < -0.4 is 10.6 Å². The van der Waals surface area contributed by atoms with Crippen molar-refractivity contribution in [1.29, 1.82) is 0 Å². The van der Waals surface area contributed by atoms with Crippen LogP contribution in [0.5, 0.6) is 5.75 Å². The van der Waals surface area contributed by atoms with Gasteiger partial charge in [-0.05, 0) is 82.4 Å². The van der Waals surface area contributed by atoms with E-state index in [1.807, 2.05) is 19.0 Å². The Morgan fingerprint density at radius 1 is 1.13 bits per heavy atom. The van der Waals surface area contributed by atoms with Gasteiger partial charge < -0.3 is 15.7 Å². The minimum Gasteiger partial charge on any atom is -0.507 e. The first-order valence-corrected chi connectivity index (χ1v) is 13.9. The summed E-state index contributed by atoms with van der Waals surface area (Å²) in [5, 5.41) is 11.2. The molecule has 6 atom stereocenters. The van der Waals surface area contributed by atoms with Crippen molar-refractivity contribution in [2.24, 2.45) is 34.8 Å². The lowest BCUT2D eigenvalue weighted by molar-refractivity contribution is -0.145. The number of aromatic hydroxyl groups is 1. The summed E-state index contributed by atoms with van der Waals surface area (Å²) in [4.78, 5) is 60.6. The largest absolute Gasteiger partial charge is 0.507 e. The van der Waals surface area contributed by atoms with Gasteiger partial charge in [-0.1, -0.05) is 5.57 Å². The maximum Gasteiger partial charge on any atom is 0.232 e. The first kappa shape index (κ1) is 26.2. The molecule has 0 saturated heterocycles. The summed E-state index contributed by atoms with van der Waals surface area (Å²) in [5.41, 5.74) is 8.75. The quantitative estimate of drug-likeness (QED) is 0.416. The van der Waals surface area contributed by atoms with Gasteiger partial charge in [0.15, 0.2) is 17.3 Å². The van der Waals surface area contributed by atoms with Crippen molar-refractivity contribution in [2.45, 2.75) is 51.2 Å². The normalized spacial score (nSPS) is 33.1. The lowest BCUT2D eigenvalue weighted by Gasteiger charge is -2.50. The fourth-order valence-corrected chi connectivity index (χ4v) is 8.53. The number of nitrogens with two attached hydrogens (primary N) is 1. The number of benzene rings is 1. The molecular weight excluding hydrogens is 496 g/mol. The second kappa shape index (κ2) is 8.48. The van der Waals surface area contributed by atoms with Crippen molar-refractivity contribution in [2.75, 3.05) is 40.1 Å². The van der Waals surface area contributed by atoms with Gasteiger partial charge in [0.2, 0.25) is 5.91 Å². The van der Waals surface area contributed by atoms with Gasteiger partial charge >= 0.3 is 0 Å². The number of Topliss-reactive ketones (excluding diaryl/α,β-unsaturated/α-hetero) is 3. The van der Waals surface area contributed by atoms with Crippen molar-refractivity contribution in [3.8, 4) is 5.75 Å². The van der Waals surface area contributed by atoms with Crippen molar-refractivity contribution >= 4 is 28.9 Å². The zero-order valence-corrected chi connectivity index (χ0v) is 23.6. The van der Waals surface area contributed by atoms with Crippen LogP contribution in [-0.4, -0.2) is 85.5 Å². The third-order valence-electron chi connectivity index (χ3n) is 10.2. The summed E-state index contributed by atoms with van der Waals surface area (Å²) < 4.78 is 0. The van der Waals surface area contributed by atoms with E-state index in [1.54, 1.807) is 32.0 Å². The maximum atomic E-state index is 14.4. The number of phenols is 1. The molecule has 6 unspecified atom stereocenters. The molecule has 9 nitrogen and oxygen atoms in total. The number of nitrogens with zero attached hydrogens (tertiary/aromatic N) is 3. The fraction of sp³-hybridized carbons (Fsp3) is 0.600. The lowest BCUT2D eigenvalue weighted by Crippen LogP contribution is -2.62. The number of fused-ring (bicyclic) bond motifs is 2. The van der Waals surface area contributed by atoms with Crippen LogP contribution in [0, 0.1) is 29.1 Å². The molecule has 0 aromatic heterocycles. The number of primary amides is 1. The number of anilines is 1. The van der Waals surface area contributed by atoms with Crippen LogP contribution in [0.25, 0.3) is 0 Å². The van der Waals surface area contributed by atoms with Crippen molar-refractivity contribution < 1.29 is 24.3 Å². The summed E-state index contributed by atoms with van der Waals surface area (Å²) >= 11 is 0. The SMILES string of the molecule is CC1=C2C(C(N)=O)C(=O)C(N(C)C)C3CC4Cc5c(c(O)cc(CN(C)C6CC6)c5N(C)C)C(=O)C4C(=O)C123. The average Bonchev–Trinajstić information content (AvgIpc) is 3.74. The monoisotopic (exact) mass is 534 g/mol. The summed E-state index contributed by atoms with van der Waals surface area (Å²) in [7, 11) is 9.55. The Morgan fingerprint density at radius 2 is 1.79 bits per heavy atom. The molecule has 5 aliphatic carbocycles. The minimum atomic E-state index is -1.14. The number of rotatable bonds is 6. The highest BCUT2D eigenvalue weighted by Gasteiger charge is 2.75. The Kier molecular flexibility index (Phi) is 5.69. The first-order valence-electron chi connectivity index (χ1n) is 13.9. The number of carbonyl (C=O) groups excluding carboxylic acids is 4. The van der Waals surface area contributed by atoms with Gasteiger partial charge in [-0.2, -0.15) is 0 Å². The Hall–Kier alpha value is -3.04. The van der Waals surface area contributed by atoms with E-state index in [0.717, 1.165) is 29.7 Å². The van der Waals surface area contributed by atoms with E-state index < -0.39 is 29.2 Å². The summed E-state index contributed by atoms with van der Waals surface area (Å²) in [6.07, 6.45) is 3.29. The molecule has 1 spiro atoms. The van der Waals surface area contributed by atoms with Crippen LogP contribution >= 0.6 is 0 Å². The average molecular weight is 535 g/mol. The van der Waals surface area contributed by atoms with Crippen molar-refractivity contribution in [1.82, 2.24) is 9.80 Å². The Morgan fingerprint density at radius 3 is 2.36 bits per heavy atom. The van der Waals surface area contributed by atoms with E-state index in [-0.39, 0.29) is 40.5 Å². The van der Waals surface area contributed by atoms with Crippen LogP contribution in [0.3, 0.4) is 0 Å². The predicted molar refractivity (Wildman–Crippen MR) is 145 cm³/mol. The highest BCUT2D eigenvalue weighted by molar-refractivity contribution is 6.22. The van der Waals surface area contributed by atoms with E-state index in [2.05, 4.69) is 11.9 Å². The smallest absolute Gasteiger partial charge is 0.232 e.